The Balaban J connectivity index is 1.40. The third-order valence-corrected chi connectivity index (χ3v) is 6.48. The zero-order chi connectivity index (χ0) is 27.2. The van der Waals surface area contributed by atoms with Crippen LogP contribution in [0.4, 0.5) is 5.69 Å². The maximum absolute atomic E-state index is 12.5. The summed E-state index contributed by atoms with van der Waals surface area (Å²) in [6.07, 6.45) is 6.95. The second kappa shape index (κ2) is 15.7. The predicted molar refractivity (Wildman–Crippen MR) is 149 cm³/mol. The Hall–Kier alpha value is -3.45. The smallest absolute Gasteiger partial charge is 0.307 e. The van der Waals surface area contributed by atoms with Crippen molar-refractivity contribution >= 4 is 34.4 Å². The van der Waals surface area contributed by atoms with Crippen LogP contribution in [0.25, 0.3) is 16.8 Å². The van der Waals surface area contributed by atoms with Gasteiger partial charge in [0.1, 0.15) is 18.2 Å². The summed E-state index contributed by atoms with van der Waals surface area (Å²) in [6, 6.07) is 14.1. The van der Waals surface area contributed by atoms with Gasteiger partial charge in [0.15, 0.2) is 0 Å². The quantitative estimate of drug-likeness (QED) is 0.149. The molecular formula is C29H39N5O4. The molecule has 2 aromatic carbocycles. The number of piperidine rings is 1. The number of nitrogens with two attached hydrogens (primary N) is 2. The van der Waals surface area contributed by atoms with E-state index in [2.05, 4.69) is 28.4 Å². The summed E-state index contributed by atoms with van der Waals surface area (Å²) in [6.45, 7) is 3.51. The van der Waals surface area contributed by atoms with E-state index in [0.29, 0.717) is 13.0 Å². The fourth-order valence-electron chi connectivity index (χ4n) is 4.41. The summed E-state index contributed by atoms with van der Waals surface area (Å²) < 4.78 is 10.5. The number of benzene rings is 2. The predicted octanol–water partition coefficient (Wildman–Crippen LogP) is 2.87. The minimum absolute atomic E-state index is 0.0224. The van der Waals surface area contributed by atoms with Crippen LogP contribution in [0.15, 0.2) is 42.0 Å². The van der Waals surface area contributed by atoms with Crippen LogP contribution in [-0.2, 0) is 19.1 Å². The van der Waals surface area contributed by atoms with Crippen LogP contribution in [-0.4, -0.2) is 63.9 Å². The van der Waals surface area contributed by atoms with E-state index in [-0.39, 0.29) is 50.4 Å². The summed E-state index contributed by atoms with van der Waals surface area (Å²) >= 11 is 0. The fourth-order valence-corrected chi connectivity index (χ4v) is 4.41. The van der Waals surface area contributed by atoms with E-state index in [1.54, 1.807) is 6.08 Å². The van der Waals surface area contributed by atoms with Crippen LogP contribution < -0.4 is 21.7 Å². The fraction of sp³-hybridized carbons (Fsp3) is 0.483. The standard InChI is InChI=1S/C29H39N5O4/c30-10-4-5-26(32)20-28(35)38-16-15-37-14-11-33-29(36)25(21-31)18-22-6-7-24-19-27(9-8-23(24)17-22)34-12-2-1-3-13-34/h6-9,17-19,26H,1-5,10-16,20,30,32H2,(H,33,36)/b25-18+/t26-/m0/s1. The maximum Gasteiger partial charge on any atom is 0.307 e. The lowest BCUT2D eigenvalue weighted by Gasteiger charge is -2.29. The molecule has 1 atom stereocenters. The molecule has 0 radical (unpaired) electrons. The first kappa shape index (κ1) is 29.1. The highest BCUT2D eigenvalue weighted by Gasteiger charge is 2.13. The van der Waals surface area contributed by atoms with Crippen molar-refractivity contribution in [2.24, 2.45) is 11.5 Å². The van der Waals surface area contributed by atoms with Gasteiger partial charge in [0, 0.05) is 31.4 Å². The summed E-state index contributed by atoms with van der Waals surface area (Å²) in [4.78, 5) is 26.6. The summed E-state index contributed by atoms with van der Waals surface area (Å²) in [5.41, 5.74) is 13.3. The first-order valence-corrected chi connectivity index (χ1v) is 13.4. The molecule has 0 unspecified atom stereocenters. The number of rotatable bonds is 14. The molecule has 5 N–H and O–H groups in total. The molecule has 0 aliphatic carbocycles. The van der Waals surface area contributed by atoms with Gasteiger partial charge in [-0.25, -0.2) is 0 Å². The van der Waals surface area contributed by atoms with Crippen LogP contribution in [0.5, 0.6) is 0 Å². The Labute approximate surface area is 224 Å². The highest BCUT2D eigenvalue weighted by Crippen LogP contribution is 2.26. The van der Waals surface area contributed by atoms with Crippen molar-refractivity contribution in [1.82, 2.24) is 5.32 Å². The highest BCUT2D eigenvalue weighted by atomic mass is 16.6. The molecule has 9 nitrogen and oxygen atoms in total. The van der Waals surface area contributed by atoms with Gasteiger partial charge in [-0.3, -0.25) is 9.59 Å². The number of hydrogen-bond donors (Lipinski definition) is 3. The van der Waals surface area contributed by atoms with Gasteiger partial charge >= 0.3 is 5.97 Å². The molecule has 0 saturated carbocycles. The molecule has 0 bridgehead atoms. The molecule has 1 aliphatic heterocycles. The SMILES string of the molecule is N#C/C(=C\c1ccc2cc(N3CCCCC3)ccc2c1)C(=O)NCCOCCOC(=O)C[C@@H](N)CCCN. The van der Waals surface area contributed by atoms with Gasteiger partial charge in [0.2, 0.25) is 0 Å². The first-order valence-electron chi connectivity index (χ1n) is 13.4. The normalized spacial score (nSPS) is 14.7. The van der Waals surface area contributed by atoms with Crippen LogP contribution in [0.1, 0.15) is 44.1 Å². The van der Waals surface area contributed by atoms with E-state index >= 15 is 0 Å². The van der Waals surface area contributed by atoms with Gasteiger partial charge < -0.3 is 31.2 Å². The third kappa shape index (κ3) is 9.45. The van der Waals surface area contributed by atoms with Gasteiger partial charge in [0.25, 0.3) is 5.91 Å². The number of nitrogens with one attached hydrogen (secondary N) is 1. The second-order valence-corrected chi connectivity index (χ2v) is 9.49. The number of amides is 1. The van der Waals surface area contributed by atoms with Gasteiger partial charge in [-0.15, -0.1) is 0 Å². The number of nitriles is 1. The molecule has 1 saturated heterocycles. The number of fused-ring (bicyclic) bond motifs is 1. The van der Waals surface area contributed by atoms with Gasteiger partial charge in [-0.05, 0) is 79.3 Å². The number of esters is 1. The summed E-state index contributed by atoms with van der Waals surface area (Å²) in [5.74, 6) is -0.833. The van der Waals surface area contributed by atoms with Crippen molar-refractivity contribution < 1.29 is 19.1 Å². The second-order valence-electron chi connectivity index (χ2n) is 9.49. The Morgan fingerprint density at radius 2 is 1.84 bits per heavy atom. The Morgan fingerprint density at radius 3 is 2.61 bits per heavy atom. The number of carbonyl (C=O) groups is 2. The molecule has 9 heteroatoms. The lowest BCUT2D eigenvalue weighted by Crippen LogP contribution is -2.29. The molecule has 1 aliphatic rings. The number of ether oxygens (including phenoxy) is 2. The third-order valence-electron chi connectivity index (χ3n) is 6.48. The lowest BCUT2D eigenvalue weighted by atomic mass is 10.0. The van der Waals surface area contributed by atoms with Crippen LogP contribution in [0.3, 0.4) is 0 Å². The Morgan fingerprint density at radius 1 is 1.08 bits per heavy atom. The van der Waals surface area contributed by atoms with Crippen molar-refractivity contribution in [3.8, 4) is 6.07 Å². The Bertz CT molecular complexity index is 1140. The van der Waals surface area contributed by atoms with Crippen LogP contribution >= 0.6 is 0 Å². The molecule has 38 heavy (non-hydrogen) atoms. The molecule has 1 heterocycles. The van der Waals surface area contributed by atoms with Crippen molar-refractivity contribution in [3.63, 3.8) is 0 Å². The number of hydrogen-bond acceptors (Lipinski definition) is 8. The average molecular weight is 522 g/mol. The molecular weight excluding hydrogens is 482 g/mol. The molecule has 204 valence electrons. The van der Waals surface area contributed by atoms with E-state index in [4.69, 9.17) is 20.9 Å². The van der Waals surface area contributed by atoms with E-state index in [1.807, 2.05) is 24.3 Å². The van der Waals surface area contributed by atoms with Crippen molar-refractivity contribution in [2.75, 3.05) is 50.9 Å². The van der Waals surface area contributed by atoms with E-state index in [0.717, 1.165) is 35.8 Å². The monoisotopic (exact) mass is 521 g/mol. The largest absolute Gasteiger partial charge is 0.463 e. The van der Waals surface area contributed by atoms with Crippen molar-refractivity contribution in [1.29, 1.82) is 5.26 Å². The molecule has 1 amide bonds. The number of carbonyl (C=O) groups excluding carboxylic acids is 2. The Kier molecular flexibility index (Phi) is 12.0. The summed E-state index contributed by atoms with van der Waals surface area (Å²) in [5, 5.41) is 14.4. The molecule has 2 aromatic rings. The number of nitrogens with zero attached hydrogens (tertiary/aromatic N) is 2. The van der Waals surface area contributed by atoms with E-state index in [1.165, 1.54) is 24.9 Å². The van der Waals surface area contributed by atoms with E-state index in [9.17, 15) is 14.9 Å². The minimum Gasteiger partial charge on any atom is -0.463 e. The zero-order valence-corrected chi connectivity index (χ0v) is 22.0. The van der Waals surface area contributed by atoms with Crippen LogP contribution in [0.2, 0.25) is 0 Å². The molecule has 0 aromatic heterocycles. The summed E-state index contributed by atoms with van der Waals surface area (Å²) in [7, 11) is 0. The van der Waals surface area contributed by atoms with Gasteiger partial charge in [-0.2, -0.15) is 5.26 Å². The minimum atomic E-state index is -0.463. The molecule has 3 rings (SSSR count). The number of anilines is 1. The highest BCUT2D eigenvalue weighted by molar-refractivity contribution is 6.02. The first-order chi connectivity index (χ1) is 18.5. The van der Waals surface area contributed by atoms with Crippen molar-refractivity contribution in [3.05, 3.63) is 47.5 Å². The average Bonchev–Trinajstić information content (AvgIpc) is 2.94. The van der Waals surface area contributed by atoms with Gasteiger partial charge in [-0.1, -0.05) is 18.2 Å². The van der Waals surface area contributed by atoms with Gasteiger partial charge in [0.05, 0.1) is 19.6 Å². The van der Waals surface area contributed by atoms with E-state index < -0.39 is 5.91 Å². The topological polar surface area (TPSA) is 144 Å². The van der Waals surface area contributed by atoms with Crippen LogP contribution in [0, 0.1) is 11.3 Å². The molecule has 1 fully saturated rings. The molecule has 0 spiro atoms. The maximum atomic E-state index is 12.5. The zero-order valence-electron chi connectivity index (χ0n) is 22.0. The lowest BCUT2D eigenvalue weighted by molar-refractivity contribution is -0.145. The van der Waals surface area contributed by atoms with Crippen molar-refractivity contribution in [2.45, 2.75) is 44.6 Å².